The standard InChI is InChI=1S/C32H33IO5/c1-21-27-20-26(37-30-10-3-5-18-35-30)15-16-28(27)38-32(22-11-13-24(33)14-12-22)31(21)23-7-6-8-25(19-23)36-29-9-2-4-17-34-29/h6-8,11-16,19-20,29-30,32H,2-5,9-10,17-18H2,1H3. The molecule has 2 saturated heterocycles. The van der Waals surface area contributed by atoms with Crippen molar-refractivity contribution >= 4 is 33.7 Å². The molecule has 0 bridgehead atoms. The van der Waals surface area contributed by atoms with Gasteiger partial charge in [-0.25, -0.2) is 0 Å². The Morgan fingerprint density at radius 2 is 1.45 bits per heavy atom. The van der Waals surface area contributed by atoms with Crippen molar-refractivity contribution in [3.05, 3.63) is 87.0 Å². The Balaban J connectivity index is 1.37. The van der Waals surface area contributed by atoms with E-state index in [4.69, 9.17) is 23.7 Å². The van der Waals surface area contributed by atoms with Gasteiger partial charge in [0.2, 0.25) is 0 Å². The Labute approximate surface area is 238 Å². The van der Waals surface area contributed by atoms with Crippen LogP contribution < -0.4 is 14.2 Å². The van der Waals surface area contributed by atoms with E-state index in [-0.39, 0.29) is 18.7 Å². The molecule has 3 aromatic carbocycles. The van der Waals surface area contributed by atoms with E-state index in [0.29, 0.717) is 0 Å². The fraction of sp³-hybridized carbons (Fsp3) is 0.375. The number of benzene rings is 3. The first kappa shape index (κ1) is 25.7. The summed E-state index contributed by atoms with van der Waals surface area (Å²) in [7, 11) is 0. The van der Waals surface area contributed by atoms with Gasteiger partial charge in [0.25, 0.3) is 0 Å². The Morgan fingerprint density at radius 1 is 0.763 bits per heavy atom. The maximum Gasteiger partial charge on any atom is 0.199 e. The van der Waals surface area contributed by atoms with Crippen LogP contribution in [-0.4, -0.2) is 25.8 Å². The Morgan fingerprint density at radius 3 is 2.11 bits per heavy atom. The summed E-state index contributed by atoms with van der Waals surface area (Å²) in [5.74, 6) is 2.47. The molecule has 6 heteroatoms. The van der Waals surface area contributed by atoms with E-state index in [1.54, 1.807) is 0 Å². The number of allylic oxidation sites excluding steroid dienone is 1. The van der Waals surface area contributed by atoms with E-state index in [1.807, 2.05) is 24.3 Å². The van der Waals surface area contributed by atoms with Gasteiger partial charge in [-0.1, -0.05) is 24.3 Å². The molecule has 3 aliphatic heterocycles. The second-order valence-electron chi connectivity index (χ2n) is 10.1. The van der Waals surface area contributed by atoms with E-state index in [0.717, 1.165) is 96.8 Å². The summed E-state index contributed by atoms with van der Waals surface area (Å²) in [4.78, 5) is 0. The van der Waals surface area contributed by atoms with Crippen molar-refractivity contribution in [1.82, 2.24) is 0 Å². The second kappa shape index (κ2) is 11.7. The minimum Gasteiger partial charge on any atom is -0.480 e. The average molecular weight is 625 g/mol. The van der Waals surface area contributed by atoms with Crippen molar-refractivity contribution in [2.45, 2.75) is 64.1 Å². The lowest BCUT2D eigenvalue weighted by Crippen LogP contribution is -2.25. The molecule has 0 amide bonds. The molecule has 198 valence electrons. The van der Waals surface area contributed by atoms with Gasteiger partial charge in [0.05, 0.1) is 13.2 Å². The van der Waals surface area contributed by atoms with E-state index < -0.39 is 0 Å². The van der Waals surface area contributed by atoms with Crippen LogP contribution in [-0.2, 0) is 9.47 Å². The maximum absolute atomic E-state index is 6.72. The van der Waals surface area contributed by atoms with E-state index in [2.05, 4.69) is 72.0 Å². The number of rotatable bonds is 6. The van der Waals surface area contributed by atoms with Gasteiger partial charge in [-0.05, 0) is 114 Å². The van der Waals surface area contributed by atoms with Crippen molar-refractivity contribution in [3.63, 3.8) is 0 Å². The smallest absolute Gasteiger partial charge is 0.199 e. The van der Waals surface area contributed by atoms with Gasteiger partial charge in [-0.15, -0.1) is 0 Å². The maximum atomic E-state index is 6.72. The number of ether oxygens (including phenoxy) is 5. The zero-order valence-corrected chi connectivity index (χ0v) is 23.8. The molecule has 0 spiro atoms. The average Bonchev–Trinajstić information content (AvgIpc) is 2.95. The molecular formula is C32H33IO5. The highest BCUT2D eigenvalue weighted by Crippen LogP contribution is 2.48. The van der Waals surface area contributed by atoms with Crippen LogP contribution in [0, 0.1) is 3.57 Å². The molecule has 3 aromatic rings. The third kappa shape index (κ3) is 5.72. The monoisotopic (exact) mass is 624 g/mol. The Kier molecular flexibility index (Phi) is 7.90. The third-order valence-corrected chi connectivity index (χ3v) is 8.11. The largest absolute Gasteiger partial charge is 0.480 e. The first-order chi connectivity index (χ1) is 18.6. The highest BCUT2D eigenvalue weighted by molar-refractivity contribution is 14.1. The van der Waals surface area contributed by atoms with Crippen LogP contribution in [0.2, 0.25) is 0 Å². The first-order valence-electron chi connectivity index (χ1n) is 13.6. The molecule has 3 unspecified atom stereocenters. The van der Waals surface area contributed by atoms with Crippen molar-refractivity contribution in [1.29, 1.82) is 0 Å². The highest BCUT2D eigenvalue weighted by Gasteiger charge is 2.30. The van der Waals surface area contributed by atoms with Crippen LogP contribution in [0.5, 0.6) is 17.2 Å². The molecule has 38 heavy (non-hydrogen) atoms. The molecule has 3 aliphatic rings. The molecule has 0 saturated carbocycles. The lowest BCUT2D eigenvalue weighted by molar-refractivity contribution is -0.106. The topological polar surface area (TPSA) is 46.2 Å². The normalized spacial score (nSPS) is 23.4. The summed E-state index contributed by atoms with van der Waals surface area (Å²) in [6.07, 6.45) is 5.67. The van der Waals surface area contributed by atoms with Gasteiger partial charge in [0, 0.05) is 27.5 Å². The van der Waals surface area contributed by atoms with Gasteiger partial charge in [-0.2, -0.15) is 0 Å². The fourth-order valence-electron chi connectivity index (χ4n) is 5.39. The van der Waals surface area contributed by atoms with Crippen LogP contribution in [0.25, 0.3) is 11.1 Å². The van der Waals surface area contributed by atoms with Crippen LogP contribution in [0.15, 0.2) is 66.7 Å². The molecule has 3 atom stereocenters. The number of hydrogen-bond donors (Lipinski definition) is 0. The molecular weight excluding hydrogens is 591 g/mol. The molecule has 3 heterocycles. The molecule has 0 radical (unpaired) electrons. The van der Waals surface area contributed by atoms with Gasteiger partial charge < -0.3 is 23.7 Å². The lowest BCUT2D eigenvalue weighted by atomic mass is 9.86. The summed E-state index contributed by atoms with van der Waals surface area (Å²) in [6, 6.07) is 23.0. The van der Waals surface area contributed by atoms with Crippen molar-refractivity contribution in [2.75, 3.05) is 13.2 Å². The fourth-order valence-corrected chi connectivity index (χ4v) is 5.75. The van der Waals surface area contributed by atoms with Crippen LogP contribution in [0.3, 0.4) is 0 Å². The molecule has 0 N–H and O–H groups in total. The van der Waals surface area contributed by atoms with Crippen LogP contribution >= 0.6 is 22.6 Å². The quantitative estimate of drug-likeness (QED) is 0.259. The van der Waals surface area contributed by atoms with Crippen molar-refractivity contribution in [2.24, 2.45) is 0 Å². The SMILES string of the molecule is CC1=C(c2cccc(OC3CCCCO3)c2)C(c2ccc(I)cc2)Oc2ccc(OC3CCCCO3)cc21. The van der Waals surface area contributed by atoms with E-state index in [9.17, 15) is 0 Å². The summed E-state index contributed by atoms with van der Waals surface area (Å²) in [5, 5.41) is 0. The molecule has 2 fully saturated rings. The van der Waals surface area contributed by atoms with Gasteiger partial charge in [0.1, 0.15) is 23.4 Å². The number of fused-ring (bicyclic) bond motifs is 1. The zero-order valence-electron chi connectivity index (χ0n) is 21.7. The number of halogens is 1. The first-order valence-corrected chi connectivity index (χ1v) is 14.7. The lowest BCUT2D eigenvalue weighted by Gasteiger charge is -2.32. The molecule has 0 aliphatic carbocycles. The zero-order chi connectivity index (χ0) is 25.9. The summed E-state index contributed by atoms with van der Waals surface area (Å²) in [5.41, 5.74) is 5.52. The summed E-state index contributed by atoms with van der Waals surface area (Å²) in [6.45, 7) is 3.68. The van der Waals surface area contributed by atoms with Gasteiger partial charge in [-0.3, -0.25) is 0 Å². The summed E-state index contributed by atoms with van der Waals surface area (Å²) < 4.78 is 32.0. The van der Waals surface area contributed by atoms with Crippen LogP contribution in [0.1, 0.15) is 68.2 Å². The highest BCUT2D eigenvalue weighted by atomic mass is 127. The second-order valence-corrected chi connectivity index (χ2v) is 11.3. The minimum atomic E-state index is -0.242. The van der Waals surface area contributed by atoms with Crippen LogP contribution in [0.4, 0.5) is 0 Å². The minimum absolute atomic E-state index is 0.189. The Hall–Kier alpha value is -2.55. The summed E-state index contributed by atoms with van der Waals surface area (Å²) >= 11 is 2.34. The molecule has 6 rings (SSSR count). The Bertz CT molecular complexity index is 1290. The van der Waals surface area contributed by atoms with Gasteiger partial charge >= 0.3 is 0 Å². The predicted molar refractivity (Wildman–Crippen MR) is 156 cm³/mol. The van der Waals surface area contributed by atoms with Crippen molar-refractivity contribution < 1.29 is 23.7 Å². The van der Waals surface area contributed by atoms with E-state index in [1.165, 1.54) is 3.57 Å². The number of hydrogen-bond acceptors (Lipinski definition) is 5. The van der Waals surface area contributed by atoms with E-state index >= 15 is 0 Å². The molecule has 0 aromatic heterocycles. The van der Waals surface area contributed by atoms with Gasteiger partial charge in [0.15, 0.2) is 12.6 Å². The third-order valence-electron chi connectivity index (χ3n) is 7.39. The molecule has 5 nitrogen and oxygen atoms in total. The van der Waals surface area contributed by atoms with Crippen molar-refractivity contribution in [3.8, 4) is 17.2 Å². The predicted octanol–water partition coefficient (Wildman–Crippen LogP) is 8.17.